The van der Waals surface area contributed by atoms with Crippen molar-refractivity contribution in [3.8, 4) is 0 Å². The molecule has 0 nitrogen and oxygen atoms in total. The molecule has 1 rings (SSSR count). The van der Waals surface area contributed by atoms with Crippen LogP contribution in [-0.4, -0.2) is 0 Å². The summed E-state index contributed by atoms with van der Waals surface area (Å²) in [5, 5.41) is 0.878. The Morgan fingerprint density at radius 1 is 1.75 bits per heavy atom. The number of allylic oxidation sites excluding steroid dienone is 4. The summed E-state index contributed by atoms with van der Waals surface area (Å²) >= 11 is 5.66. The van der Waals surface area contributed by atoms with Gasteiger partial charge >= 0.3 is 0 Å². The fraction of sp³-hybridized carbons (Fsp3) is 0.429. The van der Waals surface area contributed by atoms with Gasteiger partial charge in [-0.05, 0) is 18.4 Å². The number of hydrogen-bond acceptors (Lipinski definition) is 0. The van der Waals surface area contributed by atoms with Crippen LogP contribution in [0.5, 0.6) is 0 Å². The zero-order chi connectivity index (χ0) is 5.98. The third-order valence-corrected chi connectivity index (χ3v) is 1.55. The lowest BCUT2D eigenvalue weighted by molar-refractivity contribution is 0.735. The van der Waals surface area contributed by atoms with Gasteiger partial charge in [-0.1, -0.05) is 30.7 Å². The van der Waals surface area contributed by atoms with Crippen LogP contribution in [-0.2, 0) is 0 Å². The van der Waals surface area contributed by atoms with E-state index in [0.717, 1.165) is 11.5 Å². The van der Waals surface area contributed by atoms with E-state index in [-0.39, 0.29) is 0 Å². The van der Waals surface area contributed by atoms with Crippen molar-refractivity contribution < 1.29 is 0 Å². The first-order chi connectivity index (χ1) is 3.79. The maximum Gasteiger partial charge on any atom is 0.0363 e. The summed E-state index contributed by atoms with van der Waals surface area (Å²) in [5.74, 6) is 0.678. The van der Waals surface area contributed by atoms with Crippen molar-refractivity contribution >= 4 is 11.6 Å². The van der Waals surface area contributed by atoms with E-state index in [1.165, 1.54) is 0 Å². The molecule has 1 atom stereocenters. The molecule has 1 heteroatoms. The van der Waals surface area contributed by atoms with Crippen molar-refractivity contribution in [1.29, 1.82) is 0 Å². The lowest BCUT2D eigenvalue weighted by Crippen LogP contribution is -1.90. The molecule has 0 amide bonds. The van der Waals surface area contributed by atoms with Gasteiger partial charge in [-0.2, -0.15) is 0 Å². The molecule has 0 radical (unpaired) electrons. The predicted octanol–water partition coefficient (Wildman–Crippen LogP) is 2.71. The lowest BCUT2D eigenvalue weighted by atomic mass is 10.0. The summed E-state index contributed by atoms with van der Waals surface area (Å²) in [6.07, 6.45) is 7.22. The van der Waals surface area contributed by atoms with Gasteiger partial charge in [0.1, 0.15) is 0 Å². The van der Waals surface area contributed by atoms with Crippen molar-refractivity contribution in [3.63, 3.8) is 0 Å². The van der Waals surface area contributed by atoms with E-state index in [9.17, 15) is 0 Å². The van der Waals surface area contributed by atoms with Crippen LogP contribution in [0.25, 0.3) is 0 Å². The zero-order valence-corrected chi connectivity index (χ0v) is 5.65. The average Bonchev–Trinajstić information content (AvgIpc) is 1.77. The zero-order valence-electron chi connectivity index (χ0n) is 4.89. The molecule has 0 saturated heterocycles. The Morgan fingerprint density at radius 3 is 2.88 bits per heavy atom. The summed E-state index contributed by atoms with van der Waals surface area (Å²) in [6, 6.07) is 0. The van der Waals surface area contributed by atoms with E-state index in [0.29, 0.717) is 5.92 Å². The molecule has 1 aliphatic carbocycles. The molecule has 1 unspecified atom stereocenters. The van der Waals surface area contributed by atoms with Crippen LogP contribution in [0.15, 0.2) is 23.3 Å². The SMILES string of the molecule is CC1C=CC(Cl)=CC1. The fourth-order valence-corrected chi connectivity index (χ4v) is 0.863. The van der Waals surface area contributed by atoms with Gasteiger partial charge < -0.3 is 0 Å². The van der Waals surface area contributed by atoms with E-state index in [4.69, 9.17) is 11.6 Å². The quantitative estimate of drug-likeness (QED) is 0.471. The maximum atomic E-state index is 5.66. The third-order valence-electron chi connectivity index (χ3n) is 1.27. The van der Waals surface area contributed by atoms with Gasteiger partial charge in [-0.25, -0.2) is 0 Å². The standard InChI is InChI=1S/C7H9Cl/c1-6-2-4-7(8)5-3-6/h2,4-6H,3H2,1H3. The van der Waals surface area contributed by atoms with Gasteiger partial charge in [0, 0.05) is 5.03 Å². The van der Waals surface area contributed by atoms with Crippen LogP contribution >= 0.6 is 11.6 Å². The van der Waals surface area contributed by atoms with Crippen LogP contribution in [0, 0.1) is 5.92 Å². The summed E-state index contributed by atoms with van der Waals surface area (Å²) in [4.78, 5) is 0. The van der Waals surface area contributed by atoms with E-state index >= 15 is 0 Å². The summed E-state index contributed by atoms with van der Waals surface area (Å²) in [6.45, 7) is 2.18. The largest absolute Gasteiger partial charge is 0.0847 e. The highest BCUT2D eigenvalue weighted by atomic mass is 35.5. The highest BCUT2D eigenvalue weighted by Crippen LogP contribution is 2.17. The second-order valence-corrected chi connectivity index (χ2v) is 2.60. The molecule has 0 aromatic heterocycles. The van der Waals surface area contributed by atoms with Crippen molar-refractivity contribution in [2.24, 2.45) is 5.92 Å². The molecule has 0 heterocycles. The Bertz CT molecular complexity index is 133. The van der Waals surface area contributed by atoms with Gasteiger partial charge in [0.25, 0.3) is 0 Å². The maximum absolute atomic E-state index is 5.66. The molecule has 8 heavy (non-hydrogen) atoms. The van der Waals surface area contributed by atoms with Crippen LogP contribution < -0.4 is 0 Å². The van der Waals surface area contributed by atoms with Gasteiger partial charge in [-0.3, -0.25) is 0 Å². The van der Waals surface area contributed by atoms with Gasteiger partial charge in [0.05, 0.1) is 0 Å². The fourth-order valence-electron chi connectivity index (χ4n) is 0.701. The molecule has 0 aromatic carbocycles. The van der Waals surface area contributed by atoms with Crippen LogP contribution in [0.4, 0.5) is 0 Å². The summed E-state index contributed by atoms with van der Waals surface area (Å²) in [7, 11) is 0. The number of hydrogen-bond donors (Lipinski definition) is 0. The molecule has 0 bridgehead atoms. The Morgan fingerprint density at radius 2 is 2.50 bits per heavy atom. The van der Waals surface area contributed by atoms with E-state index < -0.39 is 0 Å². The molecule has 1 aliphatic rings. The highest BCUT2D eigenvalue weighted by Gasteiger charge is 1.99. The topological polar surface area (TPSA) is 0 Å². The minimum absolute atomic E-state index is 0.678. The van der Waals surface area contributed by atoms with E-state index in [2.05, 4.69) is 13.0 Å². The Hall–Kier alpha value is -0.230. The van der Waals surface area contributed by atoms with Crippen molar-refractivity contribution in [3.05, 3.63) is 23.3 Å². The van der Waals surface area contributed by atoms with Crippen LogP contribution in [0.2, 0.25) is 0 Å². The van der Waals surface area contributed by atoms with E-state index in [1.54, 1.807) is 0 Å². The predicted molar refractivity (Wildman–Crippen MR) is 36.9 cm³/mol. The second-order valence-electron chi connectivity index (χ2n) is 2.16. The Balaban J connectivity index is 2.58. The van der Waals surface area contributed by atoms with Crippen LogP contribution in [0.3, 0.4) is 0 Å². The first kappa shape index (κ1) is 5.90. The lowest BCUT2D eigenvalue weighted by Gasteiger charge is -2.05. The summed E-state index contributed by atoms with van der Waals surface area (Å²) < 4.78 is 0. The van der Waals surface area contributed by atoms with E-state index in [1.807, 2.05) is 12.2 Å². The van der Waals surface area contributed by atoms with Crippen LogP contribution in [0.1, 0.15) is 13.3 Å². The highest BCUT2D eigenvalue weighted by molar-refractivity contribution is 6.31. The number of rotatable bonds is 0. The monoisotopic (exact) mass is 128 g/mol. The first-order valence-electron chi connectivity index (χ1n) is 2.83. The number of halogens is 1. The molecule has 0 aromatic rings. The van der Waals surface area contributed by atoms with Crippen molar-refractivity contribution in [2.75, 3.05) is 0 Å². The molecular weight excluding hydrogens is 120 g/mol. The minimum Gasteiger partial charge on any atom is -0.0847 e. The summed E-state index contributed by atoms with van der Waals surface area (Å²) in [5.41, 5.74) is 0. The van der Waals surface area contributed by atoms with Crippen molar-refractivity contribution in [2.45, 2.75) is 13.3 Å². The Labute approximate surface area is 54.8 Å². The molecular formula is C7H9Cl. The molecule has 0 fully saturated rings. The third kappa shape index (κ3) is 1.38. The molecule has 44 valence electrons. The molecule has 0 saturated carbocycles. The minimum atomic E-state index is 0.678. The smallest absolute Gasteiger partial charge is 0.0363 e. The molecule has 0 spiro atoms. The van der Waals surface area contributed by atoms with Gasteiger partial charge in [-0.15, -0.1) is 0 Å². The second kappa shape index (κ2) is 2.36. The van der Waals surface area contributed by atoms with Crippen molar-refractivity contribution in [1.82, 2.24) is 0 Å². The molecule has 0 N–H and O–H groups in total. The normalized spacial score (nSPS) is 27.8. The first-order valence-corrected chi connectivity index (χ1v) is 3.20. The Kier molecular flexibility index (Phi) is 1.74. The molecule has 0 aliphatic heterocycles. The average molecular weight is 129 g/mol. The van der Waals surface area contributed by atoms with Gasteiger partial charge in [0.15, 0.2) is 0 Å². The van der Waals surface area contributed by atoms with Gasteiger partial charge in [0.2, 0.25) is 0 Å².